The third-order valence-corrected chi connectivity index (χ3v) is 1.80. The summed E-state index contributed by atoms with van der Waals surface area (Å²) < 4.78 is 8.61. The third kappa shape index (κ3) is 2.72. The number of hydrogen-bond donors (Lipinski definition) is 1. The van der Waals surface area contributed by atoms with Crippen LogP contribution in [-0.2, 0) is 23.9 Å². The molecular weight excluding hydrogens is 192 g/mol. The highest BCUT2D eigenvalue weighted by Crippen LogP contribution is 2.15. The number of methoxy groups -OCH3 is 2. The molecule has 0 radical (unpaired) electrons. The predicted octanol–water partition coefficient (Wildman–Crippen LogP) is -0.331. The topological polar surface area (TPSA) is 89.9 Å². The molecule has 0 heterocycles. The Morgan fingerprint density at radius 3 is 1.64 bits per heavy atom. The van der Waals surface area contributed by atoms with Crippen molar-refractivity contribution in [1.82, 2.24) is 0 Å². The monoisotopic (exact) mass is 204 g/mol. The first-order chi connectivity index (χ1) is 6.45. The van der Waals surface area contributed by atoms with Gasteiger partial charge in [0.25, 0.3) is 0 Å². The number of ether oxygens (including phenoxy) is 2. The van der Waals surface area contributed by atoms with E-state index in [-0.39, 0.29) is 0 Å². The molecule has 0 aromatic heterocycles. The predicted molar refractivity (Wildman–Crippen MR) is 44.3 cm³/mol. The summed E-state index contributed by atoms with van der Waals surface area (Å²) in [4.78, 5) is 32.7. The second kappa shape index (κ2) is 5.21. The van der Waals surface area contributed by atoms with Crippen LogP contribution in [0.5, 0.6) is 0 Å². The quantitative estimate of drug-likeness (QED) is 0.498. The van der Waals surface area contributed by atoms with Crippen LogP contribution in [0.3, 0.4) is 0 Å². The van der Waals surface area contributed by atoms with Gasteiger partial charge in [0.2, 0.25) is 0 Å². The minimum absolute atomic E-state index is 0.910. The number of carboxylic acid groups (broad SMARTS) is 1. The number of carbonyl (C=O) groups excluding carboxylic acids is 2. The van der Waals surface area contributed by atoms with Crippen LogP contribution in [0.25, 0.3) is 0 Å². The molecule has 0 aromatic rings. The maximum Gasteiger partial charge on any atom is 0.320 e. The van der Waals surface area contributed by atoms with Crippen LogP contribution in [0.15, 0.2) is 0 Å². The van der Waals surface area contributed by atoms with Gasteiger partial charge >= 0.3 is 17.9 Å². The average Bonchev–Trinajstić information content (AvgIpc) is 2.16. The first-order valence-corrected chi connectivity index (χ1v) is 3.84. The van der Waals surface area contributed by atoms with Crippen molar-refractivity contribution in [3.8, 4) is 0 Å². The van der Waals surface area contributed by atoms with Gasteiger partial charge in [-0.3, -0.25) is 14.4 Å². The van der Waals surface area contributed by atoms with E-state index < -0.39 is 29.7 Å². The van der Waals surface area contributed by atoms with E-state index in [0.29, 0.717) is 0 Å². The molecule has 14 heavy (non-hydrogen) atoms. The van der Waals surface area contributed by atoms with E-state index in [0.717, 1.165) is 14.2 Å². The van der Waals surface area contributed by atoms with Gasteiger partial charge in [0, 0.05) is 0 Å². The highest BCUT2D eigenvalue weighted by atomic mass is 16.5. The lowest BCUT2D eigenvalue weighted by molar-refractivity contribution is -0.166. The number of rotatable bonds is 4. The highest BCUT2D eigenvalue weighted by Gasteiger charge is 2.38. The fourth-order valence-electron chi connectivity index (χ4n) is 0.901. The summed E-state index contributed by atoms with van der Waals surface area (Å²) in [6, 6.07) is 0. The number of esters is 2. The third-order valence-electron chi connectivity index (χ3n) is 1.80. The number of carbonyl (C=O) groups is 3. The van der Waals surface area contributed by atoms with Crippen molar-refractivity contribution in [3.63, 3.8) is 0 Å². The summed E-state index contributed by atoms with van der Waals surface area (Å²) in [5.41, 5.74) is 0. The van der Waals surface area contributed by atoms with Gasteiger partial charge in [-0.15, -0.1) is 0 Å². The molecule has 1 atom stereocenters. The van der Waals surface area contributed by atoms with Crippen molar-refractivity contribution in [2.45, 2.75) is 6.92 Å². The SMILES string of the molecule is COC(=O)C(C(=O)OC)[C@@H](C)C(=O)O. The fraction of sp³-hybridized carbons (Fsp3) is 0.625. The zero-order valence-electron chi connectivity index (χ0n) is 8.14. The summed E-state index contributed by atoms with van der Waals surface area (Å²) in [5.74, 6) is -5.67. The Balaban J connectivity index is 4.80. The molecule has 0 spiro atoms. The lowest BCUT2D eigenvalue weighted by Crippen LogP contribution is -2.35. The van der Waals surface area contributed by atoms with Crippen molar-refractivity contribution < 1.29 is 29.0 Å². The fourth-order valence-corrected chi connectivity index (χ4v) is 0.901. The number of carboxylic acids is 1. The molecule has 0 aliphatic rings. The maximum absolute atomic E-state index is 11.1. The van der Waals surface area contributed by atoms with Gasteiger partial charge in [0.05, 0.1) is 20.1 Å². The molecule has 0 aliphatic heterocycles. The van der Waals surface area contributed by atoms with Gasteiger partial charge in [-0.05, 0) is 0 Å². The van der Waals surface area contributed by atoms with Gasteiger partial charge in [-0.1, -0.05) is 6.92 Å². The smallest absolute Gasteiger partial charge is 0.320 e. The normalized spacial score (nSPS) is 12.0. The van der Waals surface area contributed by atoms with Gasteiger partial charge < -0.3 is 14.6 Å². The zero-order chi connectivity index (χ0) is 11.3. The Labute approximate surface area is 80.8 Å². The molecule has 1 N–H and O–H groups in total. The van der Waals surface area contributed by atoms with E-state index in [1.165, 1.54) is 6.92 Å². The summed E-state index contributed by atoms with van der Waals surface area (Å²) in [7, 11) is 2.15. The molecule has 0 aromatic carbocycles. The van der Waals surface area contributed by atoms with Crippen molar-refractivity contribution in [1.29, 1.82) is 0 Å². The van der Waals surface area contributed by atoms with E-state index in [9.17, 15) is 14.4 Å². The summed E-state index contributed by atoms with van der Waals surface area (Å²) in [6.45, 7) is 1.24. The van der Waals surface area contributed by atoms with E-state index >= 15 is 0 Å². The Bertz CT molecular complexity index is 230. The second-order valence-electron chi connectivity index (χ2n) is 2.65. The standard InChI is InChI=1S/C8H12O6/c1-4(6(9)10)5(7(11)13-2)8(12)14-3/h4-5H,1-3H3,(H,9,10)/t4-/m1/s1. The van der Waals surface area contributed by atoms with Gasteiger partial charge in [-0.25, -0.2) is 0 Å². The van der Waals surface area contributed by atoms with Crippen molar-refractivity contribution >= 4 is 17.9 Å². The average molecular weight is 204 g/mol. The first kappa shape index (κ1) is 12.4. The van der Waals surface area contributed by atoms with E-state index in [4.69, 9.17) is 5.11 Å². The van der Waals surface area contributed by atoms with Crippen LogP contribution >= 0.6 is 0 Å². The minimum Gasteiger partial charge on any atom is -0.481 e. The van der Waals surface area contributed by atoms with Crippen LogP contribution in [0, 0.1) is 11.8 Å². The van der Waals surface area contributed by atoms with Crippen LogP contribution < -0.4 is 0 Å². The van der Waals surface area contributed by atoms with Gasteiger partial charge in [0.15, 0.2) is 5.92 Å². The molecule has 0 unspecified atom stereocenters. The Morgan fingerprint density at radius 2 is 1.43 bits per heavy atom. The molecule has 0 fully saturated rings. The van der Waals surface area contributed by atoms with E-state index in [1.807, 2.05) is 0 Å². The molecule has 0 aliphatic carbocycles. The lowest BCUT2D eigenvalue weighted by atomic mass is 9.94. The summed E-state index contributed by atoms with van der Waals surface area (Å²) in [5, 5.41) is 8.63. The molecule has 0 saturated heterocycles. The second-order valence-corrected chi connectivity index (χ2v) is 2.65. The van der Waals surface area contributed by atoms with Crippen LogP contribution in [0.2, 0.25) is 0 Å². The molecule has 0 amide bonds. The molecule has 80 valence electrons. The van der Waals surface area contributed by atoms with Crippen molar-refractivity contribution in [2.24, 2.45) is 11.8 Å². The molecule has 0 rings (SSSR count). The maximum atomic E-state index is 11.1. The lowest BCUT2D eigenvalue weighted by Gasteiger charge is -2.15. The van der Waals surface area contributed by atoms with Crippen molar-refractivity contribution in [3.05, 3.63) is 0 Å². The van der Waals surface area contributed by atoms with E-state index in [2.05, 4.69) is 9.47 Å². The van der Waals surface area contributed by atoms with Crippen molar-refractivity contribution in [2.75, 3.05) is 14.2 Å². The van der Waals surface area contributed by atoms with Gasteiger partial charge in [-0.2, -0.15) is 0 Å². The van der Waals surface area contributed by atoms with Gasteiger partial charge in [0.1, 0.15) is 0 Å². The molecule has 6 nitrogen and oxygen atoms in total. The first-order valence-electron chi connectivity index (χ1n) is 3.84. The highest BCUT2D eigenvalue weighted by molar-refractivity contribution is 5.98. The Morgan fingerprint density at radius 1 is 1.07 bits per heavy atom. The summed E-state index contributed by atoms with van der Waals surface area (Å²) >= 11 is 0. The molecule has 0 bridgehead atoms. The largest absolute Gasteiger partial charge is 0.481 e. The molecule has 6 heteroatoms. The molecular formula is C8H12O6. The Hall–Kier alpha value is -1.59. The summed E-state index contributed by atoms with van der Waals surface area (Å²) in [6.07, 6.45) is 0. The number of aliphatic carboxylic acids is 1. The van der Waals surface area contributed by atoms with Crippen LogP contribution in [0.4, 0.5) is 0 Å². The van der Waals surface area contributed by atoms with Crippen LogP contribution in [-0.4, -0.2) is 37.2 Å². The van der Waals surface area contributed by atoms with E-state index in [1.54, 1.807) is 0 Å². The molecule has 0 saturated carbocycles. The number of hydrogen-bond acceptors (Lipinski definition) is 5. The minimum atomic E-state index is -1.41. The Kier molecular flexibility index (Phi) is 4.62. The zero-order valence-corrected chi connectivity index (χ0v) is 8.14. The van der Waals surface area contributed by atoms with Crippen LogP contribution in [0.1, 0.15) is 6.92 Å².